The van der Waals surface area contributed by atoms with Gasteiger partial charge >= 0.3 is 0 Å². The van der Waals surface area contributed by atoms with Gasteiger partial charge in [-0.1, -0.05) is 12.1 Å². The molecule has 0 unspecified atom stereocenters. The number of aromatic nitrogens is 1. The number of anilines is 1. The van der Waals surface area contributed by atoms with Gasteiger partial charge in [0.05, 0.1) is 15.7 Å². The number of hydrogen-bond donors (Lipinski definition) is 1. The molecular weight excluding hydrogens is 300 g/mol. The fraction of sp³-hybridized carbons (Fsp3) is 0.250. The first-order valence-corrected chi connectivity index (χ1v) is 8.44. The zero-order valence-corrected chi connectivity index (χ0v) is 13.5. The molecule has 2 aromatic rings. The zero-order valence-electron chi connectivity index (χ0n) is 12.7. The number of benzene rings is 1. The van der Waals surface area contributed by atoms with Crippen LogP contribution in [0.1, 0.15) is 29.9 Å². The lowest BCUT2D eigenvalue weighted by molar-refractivity contribution is 0.102. The van der Waals surface area contributed by atoms with Gasteiger partial charge in [-0.05, 0) is 45.0 Å². The highest BCUT2D eigenvalue weighted by Gasteiger charge is 2.25. The monoisotopic (exact) mass is 318 g/mol. The Morgan fingerprint density at radius 1 is 1.18 bits per heavy atom. The van der Waals surface area contributed by atoms with E-state index in [1.165, 1.54) is 12.1 Å². The maximum atomic E-state index is 12.4. The summed E-state index contributed by atoms with van der Waals surface area (Å²) in [7, 11) is -3.53. The van der Waals surface area contributed by atoms with Gasteiger partial charge in [0.25, 0.3) is 5.91 Å². The Kier molecular flexibility index (Phi) is 4.61. The number of amides is 1. The van der Waals surface area contributed by atoms with Crippen LogP contribution in [0.5, 0.6) is 0 Å². The molecule has 1 aromatic heterocycles. The third-order valence-electron chi connectivity index (χ3n) is 3.21. The second-order valence-corrected chi connectivity index (χ2v) is 7.70. The van der Waals surface area contributed by atoms with Crippen LogP contribution in [0, 0.1) is 6.92 Å². The molecule has 0 bridgehead atoms. The smallest absolute Gasteiger partial charge is 0.256 e. The lowest BCUT2D eigenvalue weighted by atomic mass is 10.2. The number of carbonyl (C=O) groups is 1. The molecular formula is C16H18N2O3S. The third-order valence-corrected chi connectivity index (χ3v) is 5.42. The van der Waals surface area contributed by atoms with Crippen LogP contribution >= 0.6 is 0 Å². The number of pyridine rings is 1. The topological polar surface area (TPSA) is 76.1 Å². The highest BCUT2D eigenvalue weighted by molar-refractivity contribution is 7.92. The second-order valence-electron chi connectivity index (χ2n) is 5.23. The first-order chi connectivity index (χ1) is 10.3. The van der Waals surface area contributed by atoms with E-state index in [4.69, 9.17) is 0 Å². The van der Waals surface area contributed by atoms with E-state index in [2.05, 4.69) is 10.3 Å². The number of rotatable bonds is 4. The summed E-state index contributed by atoms with van der Waals surface area (Å²) in [6, 6.07) is 9.61. The summed E-state index contributed by atoms with van der Waals surface area (Å²) >= 11 is 0. The molecule has 0 spiro atoms. The van der Waals surface area contributed by atoms with Crippen molar-refractivity contribution in [2.75, 3.05) is 5.32 Å². The van der Waals surface area contributed by atoms with Gasteiger partial charge in [0.2, 0.25) is 0 Å². The van der Waals surface area contributed by atoms with Crippen LogP contribution < -0.4 is 5.32 Å². The molecule has 0 saturated carbocycles. The summed E-state index contributed by atoms with van der Waals surface area (Å²) in [5, 5.41) is 2.11. The van der Waals surface area contributed by atoms with E-state index < -0.39 is 21.0 Å². The molecule has 1 N–H and O–H groups in total. The van der Waals surface area contributed by atoms with Crippen LogP contribution in [0.2, 0.25) is 0 Å². The molecule has 22 heavy (non-hydrogen) atoms. The molecule has 0 aliphatic heterocycles. The van der Waals surface area contributed by atoms with Crippen molar-refractivity contribution in [3.63, 3.8) is 0 Å². The maximum Gasteiger partial charge on any atom is 0.256 e. The third kappa shape index (κ3) is 3.33. The predicted molar refractivity (Wildman–Crippen MR) is 85.7 cm³/mol. The fourth-order valence-electron chi connectivity index (χ4n) is 1.98. The second kappa shape index (κ2) is 6.27. The van der Waals surface area contributed by atoms with Gasteiger partial charge in [0.1, 0.15) is 0 Å². The van der Waals surface area contributed by atoms with Crippen molar-refractivity contribution in [1.82, 2.24) is 4.98 Å². The molecule has 0 aliphatic rings. The van der Waals surface area contributed by atoms with E-state index in [0.29, 0.717) is 5.69 Å². The van der Waals surface area contributed by atoms with Crippen LogP contribution in [-0.2, 0) is 9.84 Å². The average molecular weight is 318 g/mol. The molecule has 5 nitrogen and oxygen atoms in total. The standard InChI is InChI=1S/C16H18N2O3S/c1-11(2)22(20,21)15-7-5-4-6-14(15)16(19)18-13-8-9-17-12(3)10-13/h4-11H,1-3H3,(H,17,18,19). The van der Waals surface area contributed by atoms with Crippen LogP contribution in [0.4, 0.5) is 5.69 Å². The van der Waals surface area contributed by atoms with Crippen LogP contribution in [0.25, 0.3) is 0 Å². The Bertz CT molecular complexity index is 799. The first kappa shape index (κ1) is 16.2. The Labute approximate surface area is 130 Å². The molecule has 1 aromatic carbocycles. The molecule has 0 atom stereocenters. The van der Waals surface area contributed by atoms with Crippen LogP contribution in [0.15, 0.2) is 47.5 Å². The molecule has 1 amide bonds. The average Bonchev–Trinajstić information content (AvgIpc) is 2.47. The Morgan fingerprint density at radius 2 is 1.86 bits per heavy atom. The van der Waals surface area contributed by atoms with Gasteiger partial charge in [-0.25, -0.2) is 8.42 Å². The molecule has 1 heterocycles. The lowest BCUT2D eigenvalue weighted by Crippen LogP contribution is -2.20. The van der Waals surface area contributed by atoms with Gasteiger partial charge in [-0.3, -0.25) is 9.78 Å². The Balaban J connectivity index is 2.39. The summed E-state index contributed by atoms with van der Waals surface area (Å²) in [6.07, 6.45) is 1.59. The van der Waals surface area contributed by atoms with Gasteiger partial charge in [-0.2, -0.15) is 0 Å². The first-order valence-electron chi connectivity index (χ1n) is 6.89. The summed E-state index contributed by atoms with van der Waals surface area (Å²) < 4.78 is 24.7. The molecule has 2 rings (SSSR count). The highest BCUT2D eigenvalue weighted by atomic mass is 32.2. The van der Waals surface area contributed by atoms with Crippen LogP contribution in [-0.4, -0.2) is 24.6 Å². The number of nitrogens with zero attached hydrogens (tertiary/aromatic N) is 1. The van der Waals surface area contributed by atoms with Gasteiger partial charge in [-0.15, -0.1) is 0 Å². The number of nitrogens with one attached hydrogen (secondary N) is 1. The minimum Gasteiger partial charge on any atom is -0.322 e. The van der Waals surface area contributed by atoms with Crippen molar-refractivity contribution in [3.05, 3.63) is 53.9 Å². The van der Waals surface area contributed by atoms with Crippen LogP contribution in [0.3, 0.4) is 0 Å². The molecule has 6 heteroatoms. The van der Waals surface area contributed by atoms with Gasteiger partial charge in [0, 0.05) is 17.6 Å². The molecule has 0 saturated heterocycles. The van der Waals surface area contributed by atoms with Crippen molar-refractivity contribution >= 4 is 21.4 Å². The largest absolute Gasteiger partial charge is 0.322 e. The van der Waals surface area contributed by atoms with Crippen molar-refractivity contribution in [1.29, 1.82) is 0 Å². The zero-order chi connectivity index (χ0) is 16.3. The van der Waals surface area contributed by atoms with E-state index in [-0.39, 0.29) is 10.5 Å². The van der Waals surface area contributed by atoms with E-state index >= 15 is 0 Å². The van der Waals surface area contributed by atoms with E-state index in [1.807, 2.05) is 6.92 Å². The Hall–Kier alpha value is -2.21. The molecule has 0 fully saturated rings. The lowest BCUT2D eigenvalue weighted by Gasteiger charge is -2.13. The fourth-order valence-corrected chi connectivity index (χ4v) is 3.22. The number of aryl methyl sites for hydroxylation is 1. The molecule has 116 valence electrons. The minimum absolute atomic E-state index is 0.0493. The normalized spacial score (nSPS) is 11.5. The molecule has 0 aliphatic carbocycles. The summed E-state index contributed by atoms with van der Waals surface area (Å²) in [6.45, 7) is 5.00. The summed E-state index contributed by atoms with van der Waals surface area (Å²) in [5.41, 5.74) is 1.49. The quantitative estimate of drug-likeness (QED) is 0.940. The van der Waals surface area contributed by atoms with E-state index in [9.17, 15) is 13.2 Å². The Morgan fingerprint density at radius 3 is 2.50 bits per heavy atom. The molecule has 0 radical (unpaired) electrons. The van der Waals surface area contributed by atoms with Gasteiger partial charge < -0.3 is 5.32 Å². The summed E-state index contributed by atoms with van der Waals surface area (Å²) in [4.78, 5) is 16.5. The number of carbonyl (C=O) groups excluding carboxylic acids is 1. The number of sulfone groups is 1. The maximum absolute atomic E-state index is 12.4. The number of hydrogen-bond acceptors (Lipinski definition) is 4. The minimum atomic E-state index is -3.53. The predicted octanol–water partition coefficient (Wildman–Crippen LogP) is 2.82. The van der Waals surface area contributed by atoms with Crippen molar-refractivity contribution < 1.29 is 13.2 Å². The highest BCUT2D eigenvalue weighted by Crippen LogP contribution is 2.21. The van der Waals surface area contributed by atoms with Crippen molar-refractivity contribution in [2.45, 2.75) is 30.9 Å². The van der Waals surface area contributed by atoms with Crippen molar-refractivity contribution in [2.24, 2.45) is 0 Å². The van der Waals surface area contributed by atoms with Gasteiger partial charge in [0.15, 0.2) is 9.84 Å². The summed E-state index contributed by atoms with van der Waals surface area (Å²) in [5.74, 6) is -0.453. The van der Waals surface area contributed by atoms with Crippen molar-refractivity contribution in [3.8, 4) is 0 Å². The van der Waals surface area contributed by atoms with E-state index in [1.54, 1.807) is 44.3 Å². The van der Waals surface area contributed by atoms with E-state index in [0.717, 1.165) is 5.69 Å². The SMILES string of the molecule is Cc1cc(NC(=O)c2ccccc2S(=O)(=O)C(C)C)ccn1.